The van der Waals surface area contributed by atoms with E-state index in [1.54, 1.807) is 11.3 Å². The van der Waals surface area contributed by atoms with E-state index in [0.29, 0.717) is 18.6 Å². The van der Waals surface area contributed by atoms with Crippen molar-refractivity contribution in [3.8, 4) is 6.01 Å². The van der Waals surface area contributed by atoms with E-state index >= 15 is 0 Å². The lowest BCUT2D eigenvalue weighted by Crippen LogP contribution is -2.31. The van der Waals surface area contributed by atoms with Crippen LogP contribution in [0.5, 0.6) is 6.01 Å². The largest absolute Gasteiger partial charge is 0.458 e. The average Bonchev–Trinajstić information content (AvgIpc) is 2.99. The number of aromatic nitrogens is 3. The lowest BCUT2D eigenvalue weighted by atomic mass is 10.1. The van der Waals surface area contributed by atoms with Gasteiger partial charge in [0.2, 0.25) is 11.2 Å². The van der Waals surface area contributed by atoms with Gasteiger partial charge in [-0.2, -0.15) is 15.0 Å². The second-order valence-corrected chi connectivity index (χ2v) is 5.97. The molecule has 106 valence electrons. The maximum absolute atomic E-state index is 5.96. The molecule has 1 fully saturated rings. The Hall–Kier alpha value is -1.40. The van der Waals surface area contributed by atoms with Gasteiger partial charge in [-0.3, -0.25) is 0 Å². The van der Waals surface area contributed by atoms with E-state index in [-0.39, 0.29) is 5.28 Å². The molecule has 0 N–H and O–H groups in total. The molecule has 0 aromatic carbocycles. The van der Waals surface area contributed by atoms with Crippen LogP contribution >= 0.6 is 22.9 Å². The van der Waals surface area contributed by atoms with Gasteiger partial charge in [-0.15, -0.1) is 11.3 Å². The van der Waals surface area contributed by atoms with E-state index in [9.17, 15) is 0 Å². The monoisotopic (exact) mass is 310 g/mol. The molecule has 0 spiro atoms. The third kappa shape index (κ3) is 3.37. The van der Waals surface area contributed by atoms with Crippen LogP contribution in [0.3, 0.4) is 0 Å². The van der Waals surface area contributed by atoms with Crippen LogP contribution in [0.15, 0.2) is 17.5 Å². The Morgan fingerprint density at radius 2 is 2.05 bits per heavy atom. The van der Waals surface area contributed by atoms with Crippen LogP contribution in [-0.4, -0.2) is 28.0 Å². The van der Waals surface area contributed by atoms with Crippen LogP contribution in [0, 0.1) is 0 Å². The van der Waals surface area contributed by atoms with Gasteiger partial charge in [-0.25, -0.2) is 0 Å². The van der Waals surface area contributed by atoms with Gasteiger partial charge in [-0.05, 0) is 42.3 Å². The van der Waals surface area contributed by atoms with Gasteiger partial charge in [0.15, 0.2) is 0 Å². The fourth-order valence-electron chi connectivity index (χ4n) is 2.15. The second kappa shape index (κ2) is 6.37. The van der Waals surface area contributed by atoms with Gasteiger partial charge < -0.3 is 9.64 Å². The van der Waals surface area contributed by atoms with Crippen LogP contribution in [0.25, 0.3) is 0 Å². The molecule has 20 heavy (non-hydrogen) atoms. The fourth-order valence-corrected chi connectivity index (χ4v) is 2.92. The van der Waals surface area contributed by atoms with E-state index < -0.39 is 0 Å². The van der Waals surface area contributed by atoms with E-state index in [2.05, 4.69) is 19.9 Å². The fraction of sp³-hybridized carbons (Fsp3) is 0.462. The minimum absolute atomic E-state index is 0.182. The van der Waals surface area contributed by atoms with Gasteiger partial charge in [-0.1, -0.05) is 6.07 Å². The molecule has 0 bridgehead atoms. The van der Waals surface area contributed by atoms with Gasteiger partial charge in [0.05, 0.1) is 0 Å². The van der Waals surface area contributed by atoms with Crippen molar-refractivity contribution < 1.29 is 4.74 Å². The highest BCUT2D eigenvalue weighted by molar-refractivity contribution is 7.09. The number of halogens is 1. The smallest absolute Gasteiger partial charge is 0.322 e. The van der Waals surface area contributed by atoms with Gasteiger partial charge >= 0.3 is 6.01 Å². The number of thiophene rings is 1. The van der Waals surface area contributed by atoms with Crippen LogP contribution in [0.1, 0.15) is 24.1 Å². The van der Waals surface area contributed by atoms with Crippen molar-refractivity contribution in [2.45, 2.75) is 25.9 Å². The molecule has 1 aliphatic heterocycles. The summed E-state index contributed by atoms with van der Waals surface area (Å²) >= 11 is 7.60. The van der Waals surface area contributed by atoms with Gasteiger partial charge in [0.1, 0.15) is 6.61 Å². The number of hydrogen-bond donors (Lipinski definition) is 0. The first-order valence-corrected chi connectivity index (χ1v) is 7.89. The van der Waals surface area contributed by atoms with Crippen molar-refractivity contribution in [3.05, 3.63) is 27.7 Å². The highest BCUT2D eigenvalue weighted by Gasteiger charge is 2.16. The average molecular weight is 311 g/mol. The normalized spacial score (nSPS) is 15.3. The summed E-state index contributed by atoms with van der Waals surface area (Å²) in [5.41, 5.74) is 0. The molecule has 3 rings (SSSR count). The molecular formula is C13H15ClN4OS. The summed E-state index contributed by atoms with van der Waals surface area (Å²) in [6, 6.07) is 4.29. The summed E-state index contributed by atoms with van der Waals surface area (Å²) in [6.45, 7) is 2.38. The van der Waals surface area contributed by atoms with Crippen molar-refractivity contribution >= 4 is 28.9 Å². The molecule has 1 saturated heterocycles. The Morgan fingerprint density at radius 3 is 2.80 bits per heavy atom. The first-order chi connectivity index (χ1) is 9.81. The molecule has 0 unspecified atom stereocenters. The SMILES string of the molecule is Clc1nc(OCc2cccs2)nc(N2CCCCC2)n1. The van der Waals surface area contributed by atoms with Gasteiger partial charge in [0.25, 0.3) is 0 Å². The number of hydrogen-bond acceptors (Lipinski definition) is 6. The molecule has 2 aromatic rings. The Labute approximate surface area is 126 Å². The maximum atomic E-state index is 5.96. The maximum Gasteiger partial charge on any atom is 0.322 e. The zero-order valence-electron chi connectivity index (χ0n) is 11.0. The highest BCUT2D eigenvalue weighted by Crippen LogP contribution is 2.20. The molecule has 0 atom stereocenters. The summed E-state index contributed by atoms with van der Waals surface area (Å²) in [4.78, 5) is 15.8. The number of nitrogens with zero attached hydrogens (tertiary/aromatic N) is 4. The Balaban J connectivity index is 1.72. The molecule has 2 aromatic heterocycles. The first kappa shape index (κ1) is 13.6. The van der Waals surface area contributed by atoms with Crippen molar-refractivity contribution in [2.75, 3.05) is 18.0 Å². The number of anilines is 1. The summed E-state index contributed by atoms with van der Waals surface area (Å²) in [7, 11) is 0. The van der Waals surface area contributed by atoms with Crippen LogP contribution in [0.2, 0.25) is 5.28 Å². The molecule has 3 heterocycles. The lowest BCUT2D eigenvalue weighted by Gasteiger charge is -2.26. The van der Waals surface area contributed by atoms with Crippen LogP contribution in [-0.2, 0) is 6.61 Å². The van der Waals surface area contributed by atoms with Gasteiger partial charge in [0, 0.05) is 18.0 Å². The minimum atomic E-state index is 0.182. The van der Waals surface area contributed by atoms with E-state index in [0.717, 1.165) is 30.8 Å². The quantitative estimate of drug-likeness (QED) is 0.868. The molecule has 0 radical (unpaired) electrons. The van der Waals surface area contributed by atoms with Crippen molar-refractivity contribution in [2.24, 2.45) is 0 Å². The number of piperidine rings is 1. The van der Waals surface area contributed by atoms with E-state index in [1.807, 2.05) is 17.5 Å². The molecular weight excluding hydrogens is 296 g/mol. The molecule has 0 aliphatic carbocycles. The molecule has 5 nitrogen and oxygen atoms in total. The van der Waals surface area contributed by atoms with Crippen molar-refractivity contribution in [3.63, 3.8) is 0 Å². The summed E-state index contributed by atoms with van der Waals surface area (Å²) in [6.07, 6.45) is 3.58. The Bertz CT molecular complexity index is 558. The predicted octanol–water partition coefficient (Wildman–Crippen LogP) is 3.16. The van der Waals surface area contributed by atoms with Crippen LogP contribution < -0.4 is 9.64 Å². The third-order valence-electron chi connectivity index (χ3n) is 3.14. The Kier molecular flexibility index (Phi) is 4.32. The standard InChI is InChI=1S/C13H15ClN4OS/c14-11-15-12(18-6-2-1-3-7-18)17-13(16-11)19-9-10-5-4-8-20-10/h4-5,8H,1-3,6-7,9H2. The van der Waals surface area contributed by atoms with E-state index in [4.69, 9.17) is 16.3 Å². The van der Waals surface area contributed by atoms with E-state index in [1.165, 1.54) is 6.42 Å². The second-order valence-electron chi connectivity index (χ2n) is 4.60. The summed E-state index contributed by atoms with van der Waals surface area (Å²) in [5.74, 6) is 0.617. The van der Waals surface area contributed by atoms with Crippen molar-refractivity contribution in [1.29, 1.82) is 0 Å². The predicted molar refractivity (Wildman–Crippen MR) is 79.6 cm³/mol. The molecule has 1 aliphatic rings. The summed E-state index contributed by atoms with van der Waals surface area (Å²) in [5, 5.41) is 2.19. The first-order valence-electron chi connectivity index (χ1n) is 6.63. The third-order valence-corrected chi connectivity index (χ3v) is 4.16. The van der Waals surface area contributed by atoms with Crippen molar-refractivity contribution in [1.82, 2.24) is 15.0 Å². The van der Waals surface area contributed by atoms with Crippen LogP contribution in [0.4, 0.5) is 5.95 Å². The minimum Gasteiger partial charge on any atom is -0.458 e. The molecule has 7 heteroatoms. The number of ether oxygens (including phenoxy) is 1. The highest BCUT2D eigenvalue weighted by atomic mass is 35.5. The zero-order chi connectivity index (χ0) is 13.8. The molecule has 0 saturated carbocycles. The Morgan fingerprint density at radius 1 is 1.20 bits per heavy atom. The molecule has 0 amide bonds. The zero-order valence-corrected chi connectivity index (χ0v) is 12.5. The lowest BCUT2D eigenvalue weighted by molar-refractivity contribution is 0.283. The summed E-state index contributed by atoms with van der Waals surface area (Å²) < 4.78 is 5.60. The topological polar surface area (TPSA) is 51.1 Å². The number of rotatable bonds is 4.